The summed E-state index contributed by atoms with van der Waals surface area (Å²) < 4.78 is 2.04. The molecule has 1 amide bonds. The number of hydrogen-bond acceptors (Lipinski definition) is 2. The lowest BCUT2D eigenvalue weighted by atomic mass is 10.1. The van der Waals surface area contributed by atoms with Gasteiger partial charge in [0.25, 0.3) is 5.91 Å². The van der Waals surface area contributed by atoms with Gasteiger partial charge in [0.1, 0.15) is 0 Å². The molecule has 1 fully saturated rings. The number of aromatic nitrogens is 1. The summed E-state index contributed by atoms with van der Waals surface area (Å²) in [5.74, 6) is 0.0918. The Morgan fingerprint density at radius 1 is 0.926 bits per heavy atom. The lowest BCUT2D eigenvalue weighted by Crippen LogP contribution is -2.48. The largest absolute Gasteiger partial charge is 0.368 e. The zero-order chi connectivity index (χ0) is 18.8. The van der Waals surface area contributed by atoms with Crippen LogP contribution in [0.5, 0.6) is 0 Å². The third-order valence-electron chi connectivity index (χ3n) is 5.08. The van der Waals surface area contributed by atoms with Gasteiger partial charge in [-0.3, -0.25) is 4.79 Å². The second kappa shape index (κ2) is 7.49. The summed E-state index contributed by atoms with van der Waals surface area (Å²) in [5, 5.41) is 0.739. The number of piperazine rings is 1. The summed E-state index contributed by atoms with van der Waals surface area (Å²) in [6, 6.07) is 17.8. The molecule has 1 aliphatic rings. The van der Waals surface area contributed by atoms with Gasteiger partial charge in [0.05, 0.1) is 0 Å². The summed E-state index contributed by atoms with van der Waals surface area (Å²) in [7, 11) is 0. The summed E-state index contributed by atoms with van der Waals surface area (Å²) in [4.78, 5) is 17.2. The molecule has 0 spiro atoms. The normalized spacial score (nSPS) is 14.4. The molecule has 2 heterocycles. The van der Waals surface area contributed by atoms with Crippen molar-refractivity contribution in [3.8, 4) is 5.69 Å². The van der Waals surface area contributed by atoms with Crippen molar-refractivity contribution >= 4 is 23.2 Å². The molecule has 0 aliphatic carbocycles. The van der Waals surface area contributed by atoms with Gasteiger partial charge < -0.3 is 14.4 Å². The highest BCUT2D eigenvalue weighted by atomic mass is 35.5. The molecular formula is C22H22ClN3O. The highest BCUT2D eigenvalue weighted by Crippen LogP contribution is 2.22. The molecule has 0 bridgehead atoms. The fourth-order valence-corrected chi connectivity index (χ4v) is 3.72. The Labute approximate surface area is 164 Å². The number of rotatable bonds is 3. The molecule has 27 heavy (non-hydrogen) atoms. The van der Waals surface area contributed by atoms with Crippen molar-refractivity contribution in [1.29, 1.82) is 0 Å². The Balaban J connectivity index is 1.48. The van der Waals surface area contributed by atoms with Crippen LogP contribution in [-0.4, -0.2) is 41.6 Å². The molecule has 1 aliphatic heterocycles. The Kier molecular flexibility index (Phi) is 4.90. The smallest absolute Gasteiger partial charge is 0.254 e. The summed E-state index contributed by atoms with van der Waals surface area (Å²) in [6.07, 6.45) is 4.00. The number of anilines is 1. The zero-order valence-electron chi connectivity index (χ0n) is 15.3. The zero-order valence-corrected chi connectivity index (χ0v) is 16.1. The van der Waals surface area contributed by atoms with Crippen molar-refractivity contribution in [2.75, 3.05) is 31.1 Å². The maximum atomic E-state index is 13.0. The molecule has 0 saturated carbocycles. The van der Waals surface area contributed by atoms with Crippen LogP contribution in [0.3, 0.4) is 0 Å². The number of nitrogens with zero attached hydrogens (tertiary/aromatic N) is 3. The standard InChI is InChI=1S/C22H22ClN3O/c1-17-7-8-18(15-21(17)25-9-2-3-10-25)22(27)26-13-11-24(12-14-26)20-6-4-5-19(23)16-20/h2-10,15-16H,11-14H2,1H3. The van der Waals surface area contributed by atoms with E-state index in [4.69, 9.17) is 11.6 Å². The Morgan fingerprint density at radius 3 is 2.37 bits per heavy atom. The molecule has 4 rings (SSSR count). The van der Waals surface area contributed by atoms with Crippen LogP contribution < -0.4 is 4.90 Å². The van der Waals surface area contributed by atoms with Gasteiger partial charge in [-0.1, -0.05) is 23.7 Å². The predicted octanol–water partition coefficient (Wildman–Crippen LogP) is 4.40. The van der Waals surface area contributed by atoms with E-state index in [1.165, 1.54) is 0 Å². The number of aryl methyl sites for hydroxylation is 1. The van der Waals surface area contributed by atoms with E-state index in [1.54, 1.807) is 0 Å². The van der Waals surface area contributed by atoms with E-state index in [0.29, 0.717) is 13.1 Å². The molecule has 0 atom stereocenters. The van der Waals surface area contributed by atoms with Gasteiger partial charge >= 0.3 is 0 Å². The van der Waals surface area contributed by atoms with Crippen molar-refractivity contribution < 1.29 is 4.79 Å². The van der Waals surface area contributed by atoms with Crippen LogP contribution in [0.4, 0.5) is 5.69 Å². The van der Waals surface area contributed by atoms with E-state index < -0.39 is 0 Å². The van der Waals surface area contributed by atoms with Crippen molar-refractivity contribution in [1.82, 2.24) is 9.47 Å². The van der Waals surface area contributed by atoms with Crippen LogP contribution >= 0.6 is 11.6 Å². The first-order chi connectivity index (χ1) is 13.1. The number of benzene rings is 2. The van der Waals surface area contributed by atoms with Crippen molar-refractivity contribution in [3.05, 3.63) is 83.1 Å². The fraction of sp³-hybridized carbons (Fsp3) is 0.227. The first-order valence-electron chi connectivity index (χ1n) is 9.15. The van der Waals surface area contributed by atoms with Gasteiger partial charge in [-0.2, -0.15) is 0 Å². The van der Waals surface area contributed by atoms with Crippen molar-refractivity contribution in [2.24, 2.45) is 0 Å². The van der Waals surface area contributed by atoms with Gasteiger partial charge in [-0.25, -0.2) is 0 Å². The van der Waals surface area contributed by atoms with Crippen LogP contribution in [0.2, 0.25) is 5.02 Å². The lowest BCUT2D eigenvalue weighted by molar-refractivity contribution is 0.0747. The van der Waals surface area contributed by atoms with Crippen molar-refractivity contribution in [2.45, 2.75) is 6.92 Å². The Morgan fingerprint density at radius 2 is 1.67 bits per heavy atom. The number of carbonyl (C=O) groups is 1. The quantitative estimate of drug-likeness (QED) is 0.674. The molecular weight excluding hydrogens is 358 g/mol. The molecule has 0 unspecified atom stereocenters. The third-order valence-corrected chi connectivity index (χ3v) is 5.31. The summed E-state index contributed by atoms with van der Waals surface area (Å²) in [6.45, 7) is 5.09. The van der Waals surface area contributed by atoms with Crippen LogP contribution in [-0.2, 0) is 0 Å². The minimum atomic E-state index is 0.0918. The highest BCUT2D eigenvalue weighted by molar-refractivity contribution is 6.30. The second-order valence-corrected chi connectivity index (χ2v) is 7.29. The molecule has 1 aromatic heterocycles. The number of hydrogen-bond donors (Lipinski definition) is 0. The minimum Gasteiger partial charge on any atom is -0.368 e. The number of amides is 1. The van der Waals surface area contributed by atoms with Gasteiger partial charge in [0.15, 0.2) is 0 Å². The molecule has 3 aromatic rings. The predicted molar refractivity (Wildman–Crippen MR) is 110 cm³/mol. The lowest BCUT2D eigenvalue weighted by Gasteiger charge is -2.36. The Bertz CT molecular complexity index is 944. The molecule has 1 saturated heterocycles. The van der Waals surface area contributed by atoms with E-state index in [1.807, 2.05) is 70.4 Å². The van der Waals surface area contributed by atoms with E-state index in [0.717, 1.165) is 40.6 Å². The molecule has 2 aromatic carbocycles. The first-order valence-corrected chi connectivity index (χ1v) is 9.53. The highest BCUT2D eigenvalue weighted by Gasteiger charge is 2.23. The minimum absolute atomic E-state index is 0.0918. The van der Waals surface area contributed by atoms with Crippen molar-refractivity contribution in [3.63, 3.8) is 0 Å². The molecule has 5 heteroatoms. The topological polar surface area (TPSA) is 28.5 Å². The van der Waals surface area contributed by atoms with E-state index >= 15 is 0 Å². The number of carbonyl (C=O) groups excluding carboxylic acids is 1. The second-order valence-electron chi connectivity index (χ2n) is 6.85. The maximum Gasteiger partial charge on any atom is 0.254 e. The van der Waals surface area contributed by atoms with Gasteiger partial charge in [0.2, 0.25) is 0 Å². The maximum absolute atomic E-state index is 13.0. The van der Waals surface area contributed by atoms with Crippen LogP contribution in [0.1, 0.15) is 15.9 Å². The van der Waals surface area contributed by atoms with Crippen LogP contribution in [0.15, 0.2) is 67.0 Å². The molecule has 4 nitrogen and oxygen atoms in total. The molecule has 0 N–H and O–H groups in total. The number of halogens is 1. The fourth-order valence-electron chi connectivity index (χ4n) is 3.54. The van der Waals surface area contributed by atoms with E-state index in [-0.39, 0.29) is 5.91 Å². The monoisotopic (exact) mass is 379 g/mol. The molecule has 138 valence electrons. The molecule has 0 radical (unpaired) electrons. The third kappa shape index (κ3) is 3.71. The summed E-state index contributed by atoms with van der Waals surface area (Å²) >= 11 is 6.10. The first kappa shape index (κ1) is 17.7. The van der Waals surface area contributed by atoms with Gasteiger partial charge in [-0.05, 0) is 55.0 Å². The van der Waals surface area contributed by atoms with Crippen LogP contribution in [0, 0.1) is 6.92 Å². The van der Waals surface area contributed by atoms with E-state index in [2.05, 4.69) is 17.9 Å². The summed E-state index contributed by atoms with van der Waals surface area (Å²) in [5.41, 5.74) is 4.04. The SMILES string of the molecule is Cc1ccc(C(=O)N2CCN(c3cccc(Cl)c3)CC2)cc1-n1cccc1. The van der Waals surface area contributed by atoms with Gasteiger partial charge in [-0.15, -0.1) is 0 Å². The van der Waals surface area contributed by atoms with E-state index in [9.17, 15) is 4.79 Å². The average molecular weight is 380 g/mol. The van der Waals surface area contributed by atoms with Crippen LogP contribution in [0.25, 0.3) is 5.69 Å². The average Bonchev–Trinajstić information content (AvgIpc) is 3.22. The Hall–Kier alpha value is -2.72. The van der Waals surface area contributed by atoms with Gasteiger partial charge in [0, 0.05) is 60.5 Å².